The van der Waals surface area contributed by atoms with E-state index >= 15 is 0 Å². The Bertz CT molecular complexity index is 504. The third-order valence-corrected chi connectivity index (χ3v) is 3.75. The summed E-state index contributed by atoms with van der Waals surface area (Å²) in [4.78, 5) is 0. The molecular weight excluding hydrogens is 228 g/mol. The van der Waals surface area contributed by atoms with Crippen molar-refractivity contribution < 1.29 is 17.7 Å². The maximum Gasteiger partial charge on any atom is 0.303 e. The van der Waals surface area contributed by atoms with Crippen molar-refractivity contribution >= 4 is 10.1 Å². The van der Waals surface area contributed by atoms with Crippen molar-refractivity contribution in [1.29, 1.82) is 0 Å². The summed E-state index contributed by atoms with van der Waals surface area (Å²) in [5.41, 5.74) is -0.626. The maximum absolute atomic E-state index is 11.1. The molecule has 0 saturated carbocycles. The molecule has 1 atom stereocenters. The number of fused-ring (bicyclic) bond motifs is 1. The van der Waals surface area contributed by atoms with Crippen LogP contribution in [0.25, 0.3) is 0 Å². The SMILES string of the molecule is CC1(C)CC(S(=O)(=O)O)Oc2cc[c]cc21. The summed E-state index contributed by atoms with van der Waals surface area (Å²) < 4.78 is 36.5. The van der Waals surface area contributed by atoms with Crippen molar-refractivity contribution in [2.45, 2.75) is 31.1 Å². The second-order valence-corrected chi connectivity index (χ2v) is 6.13. The molecule has 0 saturated heterocycles. The van der Waals surface area contributed by atoms with Crippen LogP contribution in [0.4, 0.5) is 0 Å². The molecule has 16 heavy (non-hydrogen) atoms. The van der Waals surface area contributed by atoms with E-state index < -0.39 is 15.6 Å². The fourth-order valence-corrected chi connectivity index (χ4v) is 2.78. The van der Waals surface area contributed by atoms with Crippen molar-refractivity contribution in [3.05, 3.63) is 29.8 Å². The van der Waals surface area contributed by atoms with Crippen LogP contribution in [-0.2, 0) is 15.5 Å². The lowest BCUT2D eigenvalue weighted by Crippen LogP contribution is -2.39. The Morgan fingerprint density at radius 1 is 1.56 bits per heavy atom. The zero-order chi connectivity index (χ0) is 12.0. The first-order chi connectivity index (χ1) is 7.31. The van der Waals surface area contributed by atoms with Crippen LogP contribution in [0.2, 0.25) is 0 Å². The Labute approximate surface area is 95.0 Å². The van der Waals surface area contributed by atoms with Crippen LogP contribution in [0.15, 0.2) is 18.2 Å². The van der Waals surface area contributed by atoms with Gasteiger partial charge in [-0.1, -0.05) is 19.9 Å². The van der Waals surface area contributed by atoms with Gasteiger partial charge in [-0.3, -0.25) is 4.55 Å². The number of ether oxygens (including phenoxy) is 1. The van der Waals surface area contributed by atoms with E-state index in [1.807, 2.05) is 13.8 Å². The third kappa shape index (κ3) is 1.92. The van der Waals surface area contributed by atoms with Gasteiger partial charge >= 0.3 is 10.1 Å². The molecule has 1 aliphatic rings. The van der Waals surface area contributed by atoms with Crippen molar-refractivity contribution in [3.63, 3.8) is 0 Å². The van der Waals surface area contributed by atoms with E-state index in [-0.39, 0.29) is 11.8 Å². The fraction of sp³-hybridized carbons (Fsp3) is 0.455. The first-order valence-electron chi connectivity index (χ1n) is 4.94. The monoisotopic (exact) mass is 241 g/mol. The molecule has 4 nitrogen and oxygen atoms in total. The van der Waals surface area contributed by atoms with Gasteiger partial charge in [0.2, 0.25) is 5.44 Å². The Kier molecular flexibility index (Phi) is 2.47. The lowest BCUT2D eigenvalue weighted by atomic mass is 9.80. The Balaban J connectivity index is 2.49. The summed E-state index contributed by atoms with van der Waals surface area (Å²) in [6.07, 6.45) is 0.233. The molecule has 2 rings (SSSR count). The Hall–Kier alpha value is -1.07. The highest BCUT2D eigenvalue weighted by Gasteiger charge is 2.39. The first kappa shape index (κ1) is 11.4. The molecule has 0 aliphatic carbocycles. The predicted octanol–water partition coefficient (Wildman–Crippen LogP) is 1.76. The van der Waals surface area contributed by atoms with Gasteiger partial charge in [-0.2, -0.15) is 8.42 Å². The van der Waals surface area contributed by atoms with Crippen LogP contribution in [-0.4, -0.2) is 18.4 Å². The molecular formula is C11H13O4S. The summed E-state index contributed by atoms with van der Waals surface area (Å²) in [5.74, 6) is 0.498. The van der Waals surface area contributed by atoms with Crippen LogP contribution in [0.5, 0.6) is 5.75 Å². The average molecular weight is 241 g/mol. The van der Waals surface area contributed by atoms with E-state index in [2.05, 4.69) is 6.07 Å². The third-order valence-electron chi connectivity index (χ3n) is 2.82. The molecule has 0 spiro atoms. The topological polar surface area (TPSA) is 63.6 Å². The average Bonchev–Trinajstić information content (AvgIpc) is 2.15. The molecule has 5 heteroatoms. The minimum atomic E-state index is -4.17. The molecule has 1 heterocycles. The van der Waals surface area contributed by atoms with Gasteiger partial charge in [0.25, 0.3) is 0 Å². The summed E-state index contributed by atoms with van der Waals surface area (Å²) in [5, 5.41) is 0. The van der Waals surface area contributed by atoms with Gasteiger partial charge in [0.15, 0.2) is 0 Å². The first-order valence-corrected chi connectivity index (χ1v) is 6.44. The maximum atomic E-state index is 11.1. The van der Waals surface area contributed by atoms with Gasteiger partial charge in [-0.25, -0.2) is 0 Å². The molecule has 87 valence electrons. The fourth-order valence-electron chi connectivity index (χ4n) is 1.92. The van der Waals surface area contributed by atoms with E-state index in [4.69, 9.17) is 9.29 Å². The van der Waals surface area contributed by atoms with Crippen molar-refractivity contribution in [3.8, 4) is 5.75 Å². The number of benzene rings is 1. The summed E-state index contributed by atoms with van der Waals surface area (Å²) in [7, 11) is -4.17. The molecule has 0 fully saturated rings. The second-order valence-electron chi connectivity index (χ2n) is 4.57. The van der Waals surface area contributed by atoms with E-state index in [0.717, 1.165) is 5.56 Å². The Morgan fingerprint density at radius 2 is 2.25 bits per heavy atom. The molecule has 0 bridgehead atoms. The van der Waals surface area contributed by atoms with Crippen LogP contribution < -0.4 is 4.74 Å². The van der Waals surface area contributed by atoms with Gasteiger partial charge in [0.05, 0.1) is 0 Å². The van der Waals surface area contributed by atoms with E-state index in [1.54, 1.807) is 18.2 Å². The van der Waals surface area contributed by atoms with Crippen molar-refractivity contribution in [2.24, 2.45) is 0 Å². The van der Waals surface area contributed by atoms with Gasteiger partial charge in [0.1, 0.15) is 5.75 Å². The highest BCUT2D eigenvalue weighted by molar-refractivity contribution is 7.86. The standard InChI is InChI=1S/C11H13O4S/c1-11(2)7-10(16(12,13)14)15-9-6-4-3-5-8(9)11/h4-6,10H,7H2,1-2H3,(H,12,13,14). The molecule has 0 amide bonds. The summed E-state index contributed by atoms with van der Waals surface area (Å²) >= 11 is 0. The van der Waals surface area contributed by atoms with Crippen LogP contribution in [0.1, 0.15) is 25.8 Å². The molecule has 1 unspecified atom stereocenters. The smallest absolute Gasteiger partial charge is 0.303 e. The summed E-state index contributed by atoms with van der Waals surface area (Å²) in [6, 6.07) is 8.04. The zero-order valence-corrected chi connectivity index (χ0v) is 9.91. The highest BCUT2D eigenvalue weighted by atomic mass is 32.2. The van der Waals surface area contributed by atoms with Crippen molar-refractivity contribution in [2.75, 3.05) is 0 Å². The predicted molar refractivity (Wildman–Crippen MR) is 58.9 cm³/mol. The van der Waals surface area contributed by atoms with Crippen LogP contribution in [0, 0.1) is 6.07 Å². The number of hydrogen-bond donors (Lipinski definition) is 1. The number of hydrogen-bond acceptors (Lipinski definition) is 3. The molecule has 1 aliphatic heterocycles. The largest absolute Gasteiger partial charge is 0.472 e. The summed E-state index contributed by atoms with van der Waals surface area (Å²) in [6.45, 7) is 3.83. The molecule has 1 radical (unpaired) electrons. The Morgan fingerprint density at radius 3 is 2.88 bits per heavy atom. The minimum absolute atomic E-state index is 0.233. The van der Waals surface area contributed by atoms with Gasteiger partial charge in [-0.15, -0.1) is 0 Å². The minimum Gasteiger partial charge on any atom is -0.472 e. The van der Waals surface area contributed by atoms with E-state index in [1.165, 1.54) is 0 Å². The van der Waals surface area contributed by atoms with Gasteiger partial charge in [0, 0.05) is 12.0 Å². The normalized spacial score (nSPS) is 23.3. The van der Waals surface area contributed by atoms with Crippen LogP contribution in [0.3, 0.4) is 0 Å². The molecule has 0 aromatic heterocycles. The molecule has 1 aromatic carbocycles. The van der Waals surface area contributed by atoms with Gasteiger partial charge in [-0.05, 0) is 23.6 Å². The van der Waals surface area contributed by atoms with E-state index in [9.17, 15) is 8.42 Å². The lowest BCUT2D eigenvalue weighted by molar-refractivity contribution is 0.185. The van der Waals surface area contributed by atoms with Crippen molar-refractivity contribution in [1.82, 2.24) is 0 Å². The quantitative estimate of drug-likeness (QED) is 0.761. The lowest BCUT2D eigenvalue weighted by Gasteiger charge is -2.35. The molecule has 1 N–H and O–H groups in total. The number of rotatable bonds is 1. The second kappa shape index (κ2) is 3.46. The zero-order valence-electron chi connectivity index (χ0n) is 9.10. The molecule has 1 aromatic rings. The highest BCUT2D eigenvalue weighted by Crippen LogP contribution is 2.41. The van der Waals surface area contributed by atoms with E-state index in [0.29, 0.717) is 5.75 Å². The van der Waals surface area contributed by atoms with Crippen LogP contribution >= 0.6 is 0 Å². The van der Waals surface area contributed by atoms with Gasteiger partial charge < -0.3 is 4.74 Å².